The average Bonchev–Trinajstić information content (AvgIpc) is 2.03. The van der Waals surface area contributed by atoms with Crippen molar-refractivity contribution in [2.45, 2.75) is 25.7 Å². The van der Waals surface area contributed by atoms with E-state index in [0.717, 1.165) is 0 Å². The number of ether oxygens (including phenoxy) is 2. The molecule has 0 spiro atoms. The summed E-state index contributed by atoms with van der Waals surface area (Å²) in [4.78, 5) is 0. The second-order valence-corrected chi connectivity index (χ2v) is 2.40. The zero-order chi connectivity index (χ0) is 8.91. The summed E-state index contributed by atoms with van der Waals surface area (Å²) in [6, 6.07) is -0.164. The van der Waals surface area contributed by atoms with Crippen LogP contribution >= 0.6 is 0 Å². The number of nitriles is 1. The number of rotatable bonds is 4. The van der Waals surface area contributed by atoms with Gasteiger partial charge in [-0.05, 0) is 13.8 Å². The van der Waals surface area contributed by atoms with Gasteiger partial charge in [-0.1, -0.05) is 0 Å². The van der Waals surface area contributed by atoms with Crippen LogP contribution in [0.5, 0.6) is 0 Å². The highest BCUT2D eigenvalue weighted by Crippen LogP contribution is 2.14. The van der Waals surface area contributed by atoms with Crippen LogP contribution in [0, 0.1) is 11.5 Å². The topological polar surface area (TPSA) is 54.3 Å². The number of methoxy groups -OCH3 is 2. The molecule has 0 radical (unpaired) electrons. The number of nitrogens with zero attached hydrogens (tertiary/aromatic N) is 1. The lowest BCUT2D eigenvalue weighted by Crippen LogP contribution is -2.48. The van der Waals surface area contributed by atoms with Gasteiger partial charge in [0.2, 0.25) is 0 Å². The molecule has 0 saturated heterocycles. The van der Waals surface area contributed by atoms with Crippen molar-refractivity contribution < 1.29 is 9.47 Å². The number of hydrogen-bond donors (Lipinski definition) is 1. The minimum absolute atomic E-state index is 0.164. The smallest absolute Gasteiger partial charge is 0.185 e. The fraction of sp³-hybridized carbons (Fsp3) is 0.857. The minimum atomic E-state index is -0.740. The molecule has 0 amide bonds. The summed E-state index contributed by atoms with van der Waals surface area (Å²) in [5.41, 5.74) is 0. The van der Waals surface area contributed by atoms with Crippen LogP contribution in [0.15, 0.2) is 0 Å². The first kappa shape index (κ1) is 10.2. The first-order chi connectivity index (χ1) is 5.10. The van der Waals surface area contributed by atoms with Crippen molar-refractivity contribution in [2.75, 3.05) is 14.2 Å². The second kappa shape index (κ2) is 4.16. The Hall–Kier alpha value is -0.790. The van der Waals surface area contributed by atoms with Crippen LogP contribution in [-0.4, -0.2) is 26.0 Å². The molecule has 0 fully saturated rings. The summed E-state index contributed by atoms with van der Waals surface area (Å²) in [6.07, 6.45) is 1.83. The molecule has 0 heterocycles. The molecular weight excluding hydrogens is 144 g/mol. The highest BCUT2D eigenvalue weighted by atomic mass is 16.7. The molecule has 0 aliphatic heterocycles. The van der Waals surface area contributed by atoms with Gasteiger partial charge in [-0.2, -0.15) is 5.26 Å². The lowest BCUT2D eigenvalue weighted by molar-refractivity contribution is -0.207. The van der Waals surface area contributed by atoms with E-state index in [0.29, 0.717) is 0 Å². The van der Waals surface area contributed by atoms with E-state index in [2.05, 4.69) is 5.32 Å². The Morgan fingerprint density at radius 3 is 2.18 bits per heavy atom. The molecule has 4 heteroatoms. The van der Waals surface area contributed by atoms with Crippen LogP contribution in [0.2, 0.25) is 0 Å². The van der Waals surface area contributed by atoms with E-state index in [9.17, 15) is 0 Å². The highest BCUT2D eigenvalue weighted by Gasteiger charge is 2.30. The Kier molecular flexibility index (Phi) is 3.86. The van der Waals surface area contributed by atoms with Gasteiger partial charge in [0.15, 0.2) is 12.0 Å². The number of hydrogen-bond acceptors (Lipinski definition) is 4. The molecule has 1 atom stereocenters. The molecule has 1 N–H and O–H groups in total. The molecular formula is C7H14N2O2. The summed E-state index contributed by atoms with van der Waals surface area (Å²) >= 11 is 0. The first-order valence-corrected chi connectivity index (χ1v) is 3.35. The summed E-state index contributed by atoms with van der Waals surface area (Å²) in [7, 11) is 3.08. The molecule has 1 unspecified atom stereocenters. The van der Waals surface area contributed by atoms with Crippen LogP contribution < -0.4 is 5.32 Å². The van der Waals surface area contributed by atoms with Crippen molar-refractivity contribution in [3.8, 4) is 6.19 Å². The third kappa shape index (κ3) is 2.37. The van der Waals surface area contributed by atoms with Crippen molar-refractivity contribution in [1.29, 1.82) is 5.26 Å². The van der Waals surface area contributed by atoms with Gasteiger partial charge in [-0.15, -0.1) is 0 Å². The predicted molar refractivity (Wildman–Crippen MR) is 40.6 cm³/mol. The van der Waals surface area contributed by atoms with Crippen molar-refractivity contribution in [3.05, 3.63) is 0 Å². The number of nitrogens with one attached hydrogen (secondary N) is 1. The van der Waals surface area contributed by atoms with Gasteiger partial charge in [-0.3, -0.25) is 0 Å². The fourth-order valence-corrected chi connectivity index (χ4v) is 0.665. The second-order valence-electron chi connectivity index (χ2n) is 2.40. The maximum Gasteiger partial charge on any atom is 0.185 e. The van der Waals surface area contributed by atoms with Crippen LogP contribution in [0.1, 0.15) is 13.8 Å². The maximum atomic E-state index is 8.32. The Bertz CT molecular complexity index is 149. The zero-order valence-electron chi connectivity index (χ0n) is 7.34. The van der Waals surface area contributed by atoms with E-state index in [-0.39, 0.29) is 6.04 Å². The van der Waals surface area contributed by atoms with E-state index < -0.39 is 5.79 Å². The van der Waals surface area contributed by atoms with Crippen LogP contribution in [0.4, 0.5) is 0 Å². The van der Waals surface area contributed by atoms with Gasteiger partial charge in [0.05, 0.1) is 6.04 Å². The zero-order valence-corrected chi connectivity index (χ0v) is 7.34. The Balaban J connectivity index is 4.14. The van der Waals surface area contributed by atoms with Crippen molar-refractivity contribution in [1.82, 2.24) is 5.32 Å². The lowest BCUT2D eigenvalue weighted by Gasteiger charge is -2.31. The maximum absolute atomic E-state index is 8.32. The van der Waals surface area contributed by atoms with Crippen molar-refractivity contribution >= 4 is 0 Å². The minimum Gasteiger partial charge on any atom is -0.351 e. The van der Waals surface area contributed by atoms with E-state index in [1.807, 2.05) is 13.1 Å². The Morgan fingerprint density at radius 2 is 1.91 bits per heavy atom. The summed E-state index contributed by atoms with van der Waals surface area (Å²) < 4.78 is 10.1. The SMILES string of the molecule is COC(C)(OC)C(C)NC#N. The molecule has 0 saturated carbocycles. The largest absolute Gasteiger partial charge is 0.351 e. The van der Waals surface area contributed by atoms with E-state index in [1.54, 1.807) is 21.1 Å². The van der Waals surface area contributed by atoms with Gasteiger partial charge in [0.25, 0.3) is 0 Å². The van der Waals surface area contributed by atoms with Crippen LogP contribution in [-0.2, 0) is 9.47 Å². The lowest BCUT2D eigenvalue weighted by atomic mass is 10.1. The quantitative estimate of drug-likeness (QED) is 0.367. The fourth-order valence-electron chi connectivity index (χ4n) is 0.665. The van der Waals surface area contributed by atoms with Gasteiger partial charge >= 0.3 is 0 Å². The van der Waals surface area contributed by atoms with E-state index >= 15 is 0 Å². The Morgan fingerprint density at radius 1 is 1.45 bits per heavy atom. The molecule has 0 aromatic rings. The Labute approximate surface area is 67.1 Å². The van der Waals surface area contributed by atoms with E-state index in [1.165, 1.54) is 0 Å². The van der Waals surface area contributed by atoms with Crippen molar-refractivity contribution in [2.24, 2.45) is 0 Å². The molecule has 0 aromatic carbocycles. The van der Waals surface area contributed by atoms with Gasteiger partial charge in [0, 0.05) is 14.2 Å². The molecule has 0 aliphatic rings. The summed E-state index contributed by atoms with van der Waals surface area (Å²) in [6.45, 7) is 3.58. The van der Waals surface area contributed by atoms with Crippen LogP contribution in [0.3, 0.4) is 0 Å². The van der Waals surface area contributed by atoms with Crippen LogP contribution in [0.25, 0.3) is 0 Å². The third-order valence-corrected chi connectivity index (χ3v) is 1.88. The molecule has 4 nitrogen and oxygen atoms in total. The monoisotopic (exact) mass is 158 g/mol. The van der Waals surface area contributed by atoms with E-state index in [4.69, 9.17) is 14.7 Å². The molecule has 0 bridgehead atoms. The molecule has 64 valence electrons. The summed E-state index contributed by atoms with van der Waals surface area (Å²) in [5.74, 6) is -0.740. The van der Waals surface area contributed by atoms with Crippen molar-refractivity contribution in [3.63, 3.8) is 0 Å². The first-order valence-electron chi connectivity index (χ1n) is 3.35. The van der Waals surface area contributed by atoms with Gasteiger partial charge in [0.1, 0.15) is 0 Å². The molecule has 0 aromatic heterocycles. The highest BCUT2D eigenvalue weighted by molar-refractivity contribution is 4.82. The molecule has 11 heavy (non-hydrogen) atoms. The molecule has 0 rings (SSSR count). The normalized spacial score (nSPS) is 13.7. The predicted octanol–water partition coefficient (Wildman–Crippen LogP) is 0.455. The summed E-state index contributed by atoms with van der Waals surface area (Å²) in [5, 5.41) is 10.9. The van der Waals surface area contributed by atoms with Gasteiger partial charge < -0.3 is 14.8 Å². The van der Waals surface area contributed by atoms with Gasteiger partial charge in [-0.25, -0.2) is 0 Å². The standard InChI is InChI=1S/C7H14N2O2/c1-6(9-5-8)7(2,10-3)11-4/h6,9H,1-4H3. The molecule has 0 aliphatic carbocycles. The third-order valence-electron chi connectivity index (χ3n) is 1.88. The average molecular weight is 158 g/mol.